The van der Waals surface area contributed by atoms with Crippen molar-refractivity contribution in [1.29, 1.82) is 0 Å². The molecule has 10 aliphatic carbocycles. The summed E-state index contributed by atoms with van der Waals surface area (Å²) in [7, 11) is 0. The first-order valence-electron chi connectivity index (χ1n) is 23.8. The highest BCUT2D eigenvalue weighted by Gasteiger charge is 2.73. The number of carbonyl (C=O) groups excluding carboxylic acids is 2. The summed E-state index contributed by atoms with van der Waals surface area (Å²) in [6.07, 6.45) is 6.60. The van der Waals surface area contributed by atoms with E-state index in [9.17, 15) is 44.7 Å². The third-order valence-electron chi connectivity index (χ3n) is 18.6. The van der Waals surface area contributed by atoms with Gasteiger partial charge in [-0.1, -0.05) is 13.8 Å². The molecule has 0 radical (unpaired) electrons. The molecule has 3 heterocycles. The summed E-state index contributed by atoms with van der Waals surface area (Å²) in [6, 6.07) is 0. The number of carbonyl (C=O) groups is 2. The lowest BCUT2D eigenvalue weighted by molar-refractivity contribution is -0.346. The summed E-state index contributed by atoms with van der Waals surface area (Å²) in [5.74, 6) is -24.0. The number of hydrogen-bond acceptors (Lipinski definition) is 10. The molecule has 0 amide bonds. The summed E-state index contributed by atoms with van der Waals surface area (Å²) < 4.78 is 165. The number of rotatable bonds is 7. The molecule has 13 aliphatic rings. The molecule has 0 aromatic heterocycles. The fourth-order valence-electron chi connectivity index (χ4n) is 16.2. The highest BCUT2D eigenvalue weighted by molar-refractivity contribution is 5.78. The van der Waals surface area contributed by atoms with Crippen LogP contribution in [0.1, 0.15) is 110 Å². The molecule has 0 aromatic rings. The molecule has 3 spiro atoms. The summed E-state index contributed by atoms with van der Waals surface area (Å²) in [5.41, 5.74) is -2.00. The molecule has 13 rings (SSSR count). The maximum atomic E-state index is 14.5. The minimum Gasteiger partial charge on any atom is -0.462 e. The van der Waals surface area contributed by atoms with Crippen LogP contribution in [0.15, 0.2) is 0 Å². The third kappa shape index (κ3) is 6.48. The van der Waals surface area contributed by atoms with Crippen molar-refractivity contribution in [3.63, 3.8) is 0 Å². The maximum absolute atomic E-state index is 14.5. The van der Waals surface area contributed by atoms with E-state index < -0.39 is 126 Å². The Balaban J connectivity index is 0.809. The van der Waals surface area contributed by atoms with Crippen molar-refractivity contribution in [2.75, 3.05) is 39.6 Å². The molecule has 18 heteroatoms. The van der Waals surface area contributed by atoms with Gasteiger partial charge in [-0.15, -0.1) is 0 Å². The van der Waals surface area contributed by atoms with E-state index in [-0.39, 0.29) is 62.6 Å². The van der Waals surface area contributed by atoms with Gasteiger partial charge in [-0.25, -0.2) is 0 Å². The van der Waals surface area contributed by atoms with Crippen molar-refractivity contribution < 1.29 is 82.6 Å². The predicted octanol–water partition coefficient (Wildman–Crippen LogP) is 8.72. The highest BCUT2D eigenvalue weighted by atomic mass is 19.3. The molecule has 10 saturated carbocycles. The van der Waals surface area contributed by atoms with Gasteiger partial charge in [0.05, 0.1) is 10.8 Å². The fourth-order valence-corrected chi connectivity index (χ4v) is 16.2. The SMILES string of the molecule is CCC1CC2CC(C)CC(C2)C12OC(COC(=O)C13CC4CC(C1)C1(OCC(F)(F)C(F)(F)CO1)C(C4)C3)C(COC(=O)C13CC4CC(C1)C1(OCC(F)(F)C(F)(F)CO1)C(C4)C3)O2. The highest BCUT2D eigenvalue weighted by Crippen LogP contribution is 2.68. The van der Waals surface area contributed by atoms with E-state index in [2.05, 4.69) is 13.8 Å². The van der Waals surface area contributed by atoms with E-state index in [1.807, 2.05) is 0 Å². The van der Waals surface area contributed by atoms with Crippen LogP contribution in [-0.4, -0.2) is 105 Å². The molecule has 64 heavy (non-hydrogen) atoms. The van der Waals surface area contributed by atoms with Crippen LogP contribution in [0.4, 0.5) is 35.1 Å². The molecule has 13 fully saturated rings. The Bertz CT molecular complexity index is 1700. The van der Waals surface area contributed by atoms with Gasteiger partial charge in [0.25, 0.3) is 0 Å². The van der Waals surface area contributed by atoms with Gasteiger partial charge in [0.15, 0.2) is 17.4 Å². The van der Waals surface area contributed by atoms with E-state index in [1.54, 1.807) is 0 Å². The van der Waals surface area contributed by atoms with Gasteiger partial charge in [0.2, 0.25) is 0 Å². The van der Waals surface area contributed by atoms with Crippen LogP contribution in [0.5, 0.6) is 0 Å². The first-order chi connectivity index (χ1) is 30.1. The van der Waals surface area contributed by atoms with E-state index in [0.29, 0.717) is 50.4 Å². The lowest BCUT2D eigenvalue weighted by Crippen LogP contribution is -2.65. The maximum Gasteiger partial charge on any atom is 0.335 e. The standard InChI is InChI=1S/C46H60F8O10/c1-3-28-6-25-4-24(2)5-29(7-25)46(28)63-34(18-57-36(55)38-12-26-8-30(14-38)44(31(9-26)15-38)59-20-40(47,48)41(49,50)21-60-44)35(64-46)19-58-37(56)39-13-27-10-32(16-39)45(33(11-27)17-39)61-22-42(51,52)43(53,54)23-62-45/h24-35H,3-23H2,1-2H3. The first-order valence-corrected chi connectivity index (χ1v) is 23.8. The van der Waals surface area contributed by atoms with Crippen LogP contribution in [0.2, 0.25) is 0 Å². The molecular formula is C46H60F8O10. The van der Waals surface area contributed by atoms with Gasteiger partial charge in [-0.3, -0.25) is 9.59 Å². The van der Waals surface area contributed by atoms with Crippen LogP contribution < -0.4 is 0 Å². The number of ether oxygens (including phenoxy) is 8. The number of halogens is 8. The summed E-state index contributed by atoms with van der Waals surface area (Å²) in [5, 5.41) is 0. The van der Waals surface area contributed by atoms with Gasteiger partial charge in [0, 0.05) is 35.5 Å². The average molecular weight is 925 g/mol. The van der Waals surface area contributed by atoms with Crippen LogP contribution in [-0.2, 0) is 47.5 Å². The Morgan fingerprint density at radius 3 is 1.23 bits per heavy atom. The average Bonchev–Trinajstić information content (AvgIpc) is 3.52. The number of esters is 2. The molecule has 10 atom stereocenters. The molecule has 0 aromatic carbocycles. The summed E-state index contributed by atoms with van der Waals surface area (Å²) in [6.45, 7) is -2.01. The van der Waals surface area contributed by atoms with Crippen LogP contribution in [0.3, 0.4) is 0 Å². The Kier molecular flexibility index (Phi) is 10.2. The lowest BCUT2D eigenvalue weighted by Gasteiger charge is -2.62. The van der Waals surface area contributed by atoms with Crippen molar-refractivity contribution in [2.45, 2.75) is 163 Å². The summed E-state index contributed by atoms with van der Waals surface area (Å²) >= 11 is 0. The zero-order chi connectivity index (χ0) is 45.1. The van der Waals surface area contributed by atoms with E-state index in [1.165, 1.54) is 0 Å². The van der Waals surface area contributed by atoms with Gasteiger partial charge in [-0.05, 0) is 120 Å². The normalized spacial score (nSPS) is 49.2. The first kappa shape index (κ1) is 44.6. The van der Waals surface area contributed by atoms with Crippen LogP contribution in [0, 0.1) is 70.0 Å². The number of alkyl halides is 8. The Morgan fingerprint density at radius 2 is 0.859 bits per heavy atom. The Labute approximate surface area is 367 Å². The second-order valence-corrected chi connectivity index (χ2v) is 22.6. The number of hydrogen-bond donors (Lipinski definition) is 0. The van der Waals surface area contributed by atoms with Crippen molar-refractivity contribution in [2.24, 2.45) is 70.0 Å². The van der Waals surface area contributed by atoms with E-state index in [4.69, 9.17) is 37.9 Å². The van der Waals surface area contributed by atoms with Crippen molar-refractivity contribution in [3.8, 4) is 0 Å². The molecule has 360 valence electrons. The van der Waals surface area contributed by atoms with Crippen molar-refractivity contribution in [3.05, 3.63) is 0 Å². The molecule has 10 nitrogen and oxygen atoms in total. The van der Waals surface area contributed by atoms with Crippen molar-refractivity contribution in [1.82, 2.24) is 0 Å². The zero-order valence-electron chi connectivity index (χ0n) is 36.4. The second kappa shape index (κ2) is 14.6. The molecule has 3 saturated heterocycles. The van der Waals surface area contributed by atoms with Crippen molar-refractivity contribution >= 4 is 11.9 Å². The monoisotopic (exact) mass is 924 g/mol. The third-order valence-corrected chi connectivity index (χ3v) is 18.6. The van der Waals surface area contributed by atoms with Gasteiger partial charge >= 0.3 is 35.6 Å². The topological polar surface area (TPSA) is 108 Å². The minimum atomic E-state index is -4.40. The largest absolute Gasteiger partial charge is 0.462 e. The Hall–Kier alpha value is -1.86. The fraction of sp³-hybridized carbons (Fsp3) is 0.957. The second-order valence-electron chi connectivity index (χ2n) is 22.6. The minimum absolute atomic E-state index is 0.0278. The molecule has 0 N–H and O–H groups in total. The smallest absolute Gasteiger partial charge is 0.335 e. The van der Waals surface area contributed by atoms with E-state index >= 15 is 0 Å². The lowest BCUT2D eigenvalue weighted by atomic mass is 9.47. The molecular weight excluding hydrogens is 864 g/mol. The molecule has 3 aliphatic heterocycles. The Morgan fingerprint density at radius 1 is 0.484 bits per heavy atom. The van der Waals surface area contributed by atoms with Gasteiger partial charge in [0.1, 0.15) is 51.8 Å². The van der Waals surface area contributed by atoms with E-state index in [0.717, 1.165) is 32.1 Å². The predicted molar refractivity (Wildman–Crippen MR) is 204 cm³/mol. The van der Waals surface area contributed by atoms with Crippen LogP contribution in [0.25, 0.3) is 0 Å². The van der Waals surface area contributed by atoms with Gasteiger partial charge in [-0.2, -0.15) is 35.1 Å². The molecule has 10 bridgehead atoms. The summed E-state index contributed by atoms with van der Waals surface area (Å²) in [4.78, 5) is 28.9. The zero-order valence-corrected chi connectivity index (χ0v) is 36.4. The van der Waals surface area contributed by atoms with Gasteiger partial charge < -0.3 is 37.9 Å². The quantitative estimate of drug-likeness (QED) is 0.182. The molecule has 10 unspecified atom stereocenters. The number of fused-ring (bicyclic) bond motifs is 3. The van der Waals surface area contributed by atoms with Crippen LogP contribution >= 0.6 is 0 Å².